The third kappa shape index (κ3) is 1.32. The number of nitrogens with one attached hydrogen (secondary N) is 1. The molecule has 1 heterocycles. The van der Waals surface area contributed by atoms with Gasteiger partial charge >= 0.3 is 5.97 Å². The van der Waals surface area contributed by atoms with Gasteiger partial charge in [-0.2, -0.15) is 0 Å². The van der Waals surface area contributed by atoms with Gasteiger partial charge in [0.25, 0.3) is 0 Å². The zero-order valence-electron chi connectivity index (χ0n) is 7.47. The molecular weight excluding hydrogens is 246 g/mol. The molecule has 0 aliphatic carbocycles. The van der Waals surface area contributed by atoms with Crippen LogP contribution in [0, 0.1) is 6.92 Å². The first-order valence-electron chi connectivity index (χ1n) is 4.10. The Labute approximate surface area is 88.9 Å². The number of halogens is 1. The van der Waals surface area contributed by atoms with Gasteiger partial charge in [-0.25, -0.2) is 4.79 Å². The summed E-state index contributed by atoms with van der Waals surface area (Å²) in [4.78, 5) is 13.8. The molecule has 72 valence electrons. The largest absolute Gasteiger partial charge is 0.478 e. The topological polar surface area (TPSA) is 53.1 Å². The van der Waals surface area contributed by atoms with Crippen LogP contribution in [0.25, 0.3) is 10.9 Å². The van der Waals surface area contributed by atoms with Gasteiger partial charge in [-0.15, -0.1) is 0 Å². The van der Waals surface area contributed by atoms with E-state index in [2.05, 4.69) is 20.9 Å². The number of aromatic amines is 1. The Kier molecular flexibility index (Phi) is 2.07. The minimum Gasteiger partial charge on any atom is -0.478 e. The average molecular weight is 254 g/mol. The number of aromatic nitrogens is 1. The van der Waals surface area contributed by atoms with Gasteiger partial charge in [0.1, 0.15) is 0 Å². The van der Waals surface area contributed by atoms with Crippen LogP contribution in [-0.4, -0.2) is 16.1 Å². The van der Waals surface area contributed by atoms with Gasteiger partial charge in [-0.3, -0.25) is 0 Å². The zero-order chi connectivity index (χ0) is 10.3. The monoisotopic (exact) mass is 253 g/mol. The van der Waals surface area contributed by atoms with E-state index in [4.69, 9.17) is 5.11 Å². The zero-order valence-corrected chi connectivity index (χ0v) is 9.05. The Balaban J connectivity index is 2.80. The molecule has 2 aromatic rings. The fourth-order valence-electron chi connectivity index (χ4n) is 1.50. The summed E-state index contributed by atoms with van der Waals surface area (Å²) in [6.07, 6.45) is 1.86. The van der Waals surface area contributed by atoms with Crippen LogP contribution in [0.1, 0.15) is 15.9 Å². The van der Waals surface area contributed by atoms with Crippen LogP contribution in [0.4, 0.5) is 0 Å². The molecule has 4 heteroatoms. The smallest absolute Gasteiger partial charge is 0.335 e. The molecule has 0 atom stereocenters. The molecule has 14 heavy (non-hydrogen) atoms. The van der Waals surface area contributed by atoms with Crippen molar-refractivity contribution >= 4 is 32.8 Å². The molecule has 1 aromatic heterocycles. The highest BCUT2D eigenvalue weighted by Gasteiger charge is 2.09. The molecule has 0 bridgehead atoms. The molecule has 0 aliphatic rings. The van der Waals surface area contributed by atoms with Crippen LogP contribution >= 0.6 is 15.9 Å². The molecule has 0 saturated heterocycles. The Morgan fingerprint density at radius 2 is 2.21 bits per heavy atom. The summed E-state index contributed by atoms with van der Waals surface area (Å²) in [7, 11) is 0. The van der Waals surface area contributed by atoms with Crippen LogP contribution in [0.5, 0.6) is 0 Å². The molecule has 0 radical (unpaired) electrons. The first-order chi connectivity index (χ1) is 6.59. The lowest BCUT2D eigenvalue weighted by molar-refractivity contribution is 0.0697. The van der Waals surface area contributed by atoms with Crippen LogP contribution in [0.15, 0.2) is 22.8 Å². The van der Waals surface area contributed by atoms with Crippen molar-refractivity contribution in [3.8, 4) is 0 Å². The number of aryl methyl sites for hydroxylation is 1. The molecule has 0 saturated carbocycles. The minimum absolute atomic E-state index is 0.284. The van der Waals surface area contributed by atoms with E-state index in [1.165, 1.54) is 0 Å². The molecule has 0 unspecified atom stereocenters. The van der Waals surface area contributed by atoms with Crippen LogP contribution in [0.2, 0.25) is 0 Å². The third-order valence-electron chi connectivity index (χ3n) is 2.18. The van der Waals surface area contributed by atoms with Crippen molar-refractivity contribution in [3.05, 3.63) is 33.9 Å². The number of carbonyl (C=O) groups is 1. The van der Waals surface area contributed by atoms with Gasteiger partial charge in [-0.1, -0.05) is 15.9 Å². The maximum absolute atomic E-state index is 10.8. The van der Waals surface area contributed by atoms with E-state index in [0.717, 1.165) is 20.9 Å². The van der Waals surface area contributed by atoms with Crippen molar-refractivity contribution in [1.29, 1.82) is 0 Å². The molecule has 0 amide bonds. The lowest BCUT2D eigenvalue weighted by atomic mass is 10.1. The number of aromatic carboxylic acids is 1. The van der Waals surface area contributed by atoms with Gasteiger partial charge in [0.2, 0.25) is 0 Å². The normalized spacial score (nSPS) is 10.7. The lowest BCUT2D eigenvalue weighted by Crippen LogP contribution is -1.95. The molecule has 0 fully saturated rings. The summed E-state index contributed by atoms with van der Waals surface area (Å²) >= 11 is 3.36. The van der Waals surface area contributed by atoms with Crippen molar-refractivity contribution < 1.29 is 9.90 Å². The van der Waals surface area contributed by atoms with Gasteiger partial charge in [-0.05, 0) is 24.6 Å². The Morgan fingerprint density at radius 3 is 2.86 bits per heavy atom. The second kappa shape index (κ2) is 3.13. The summed E-state index contributed by atoms with van der Waals surface area (Å²) in [6, 6.07) is 3.25. The number of hydrogen-bond acceptors (Lipinski definition) is 1. The number of H-pyrrole nitrogens is 1. The first-order valence-corrected chi connectivity index (χ1v) is 4.89. The van der Waals surface area contributed by atoms with E-state index in [9.17, 15) is 4.79 Å². The summed E-state index contributed by atoms with van der Waals surface area (Å²) in [5.74, 6) is -0.917. The van der Waals surface area contributed by atoms with Gasteiger partial charge in [0, 0.05) is 21.6 Å². The quantitative estimate of drug-likeness (QED) is 0.821. The number of benzene rings is 1. The highest BCUT2D eigenvalue weighted by Crippen LogP contribution is 2.28. The molecule has 0 spiro atoms. The van der Waals surface area contributed by atoms with E-state index in [0.29, 0.717) is 0 Å². The van der Waals surface area contributed by atoms with Crippen LogP contribution in [-0.2, 0) is 0 Å². The van der Waals surface area contributed by atoms with Gasteiger partial charge < -0.3 is 10.1 Å². The number of hydrogen-bond donors (Lipinski definition) is 2. The van der Waals surface area contributed by atoms with Gasteiger partial charge in [0.05, 0.1) is 5.56 Å². The molecule has 0 aliphatic heterocycles. The second-order valence-corrected chi connectivity index (χ2v) is 4.01. The predicted molar refractivity (Wildman–Crippen MR) is 57.7 cm³/mol. The summed E-state index contributed by atoms with van der Waals surface area (Å²) in [6.45, 7) is 1.98. The maximum Gasteiger partial charge on any atom is 0.335 e. The minimum atomic E-state index is -0.917. The average Bonchev–Trinajstić information content (AvgIpc) is 2.48. The third-order valence-corrected chi connectivity index (χ3v) is 2.80. The van der Waals surface area contributed by atoms with Crippen molar-refractivity contribution in [2.75, 3.05) is 0 Å². The summed E-state index contributed by atoms with van der Waals surface area (Å²) in [5.41, 5.74) is 2.23. The van der Waals surface area contributed by atoms with E-state index in [-0.39, 0.29) is 5.56 Å². The predicted octanol–water partition coefficient (Wildman–Crippen LogP) is 2.94. The first kappa shape index (κ1) is 9.27. The fourth-order valence-corrected chi connectivity index (χ4v) is 2.28. The number of carboxylic acid groups (broad SMARTS) is 1. The van der Waals surface area contributed by atoms with Crippen LogP contribution in [0.3, 0.4) is 0 Å². The fraction of sp³-hybridized carbons (Fsp3) is 0.100. The molecule has 3 nitrogen and oxygen atoms in total. The molecule has 2 N–H and O–H groups in total. The second-order valence-electron chi connectivity index (χ2n) is 3.16. The van der Waals surface area contributed by atoms with Crippen molar-refractivity contribution in [2.24, 2.45) is 0 Å². The summed E-state index contributed by atoms with van der Waals surface area (Å²) in [5, 5.41) is 9.88. The Hall–Kier alpha value is -1.29. The Morgan fingerprint density at radius 1 is 1.50 bits per heavy atom. The molecular formula is C10H8BrNO2. The van der Waals surface area contributed by atoms with E-state index < -0.39 is 5.97 Å². The number of fused-ring (bicyclic) bond motifs is 1. The van der Waals surface area contributed by atoms with E-state index >= 15 is 0 Å². The van der Waals surface area contributed by atoms with Crippen molar-refractivity contribution in [1.82, 2.24) is 4.98 Å². The number of carboxylic acids is 1. The lowest BCUT2D eigenvalue weighted by Gasteiger charge is -1.99. The van der Waals surface area contributed by atoms with Crippen LogP contribution < -0.4 is 0 Å². The molecule has 2 rings (SSSR count). The highest BCUT2D eigenvalue weighted by atomic mass is 79.9. The molecule has 1 aromatic carbocycles. The van der Waals surface area contributed by atoms with Crippen molar-refractivity contribution in [3.63, 3.8) is 0 Å². The van der Waals surface area contributed by atoms with E-state index in [1.54, 1.807) is 12.1 Å². The summed E-state index contributed by atoms with van der Waals surface area (Å²) < 4.78 is 0.811. The Bertz CT molecular complexity index is 516. The van der Waals surface area contributed by atoms with E-state index in [1.807, 2.05) is 13.1 Å². The SMILES string of the molecule is Cc1c[nH]c2cc(C(=O)O)cc(Br)c12. The number of rotatable bonds is 1. The van der Waals surface area contributed by atoms with Gasteiger partial charge in [0.15, 0.2) is 0 Å². The maximum atomic E-state index is 10.8. The standard InChI is InChI=1S/C10H8BrNO2/c1-5-4-12-8-3-6(10(13)14)2-7(11)9(5)8/h2-4,12H,1H3,(H,13,14). The van der Waals surface area contributed by atoms with Crippen molar-refractivity contribution in [2.45, 2.75) is 6.92 Å². The highest BCUT2D eigenvalue weighted by molar-refractivity contribution is 9.10.